The molecule has 24 heavy (non-hydrogen) atoms. The fraction of sp³-hybridized carbons (Fsp3) is 0.611. The Balaban J connectivity index is 1.79. The summed E-state index contributed by atoms with van der Waals surface area (Å²) in [6, 6.07) is 0. The smallest absolute Gasteiger partial charge is 0.262 e. The van der Waals surface area contributed by atoms with Crippen molar-refractivity contribution in [2.24, 2.45) is 5.92 Å². The van der Waals surface area contributed by atoms with Gasteiger partial charge in [0.2, 0.25) is 5.91 Å². The third-order valence-corrected chi connectivity index (χ3v) is 5.77. The zero-order chi connectivity index (χ0) is 17.3. The number of thiophene rings is 1. The third kappa shape index (κ3) is 3.38. The van der Waals surface area contributed by atoms with Crippen molar-refractivity contribution < 1.29 is 4.79 Å². The van der Waals surface area contributed by atoms with Gasteiger partial charge in [-0.05, 0) is 37.2 Å². The largest absolute Gasteiger partial charge is 0.345 e. The Kier molecular flexibility index (Phi) is 5.04. The maximum Gasteiger partial charge on any atom is 0.262 e. The molecule has 0 unspecified atom stereocenters. The molecular weight excluding hydrogens is 322 g/mol. The molecule has 3 rings (SSSR count). The molecule has 2 heterocycles. The number of carbonyl (C=O) groups excluding carboxylic acids is 1. The standard InChI is InChI=1S/C18H25N3O2S/c1-12(2)10-20(3)15(22)8-9-21-11-19-17-16(18(21)23)13-6-4-5-7-14(13)24-17/h11-12H,4-10H2,1-3H3. The molecule has 0 bridgehead atoms. The topological polar surface area (TPSA) is 55.2 Å². The number of nitrogens with zero attached hydrogens (tertiary/aromatic N) is 3. The van der Waals surface area contributed by atoms with Crippen LogP contribution in [-0.4, -0.2) is 34.0 Å². The molecule has 1 aliphatic carbocycles. The number of rotatable bonds is 5. The maximum absolute atomic E-state index is 12.8. The lowest BCUT2D eigenvalue weighted by atomic mass is 9.97. The zero-order valence-corrected chi connectivity index (χ0v) is 15.5. The minimum absolute atomic E-state index is 0.0127. The summed E-state index contributed by atoms with van der Waals surface area (Å²) in [6.45, 7) is 5.31. The van der Waals surface area contributed by atoms with Gasteiger partial charge in [-0.15, -0.1) is 11.3 Å². The molecule has 0 spiro atoms. The van der Waals surface area contributed by atoms with Gasteiger partial charge < -0.3 is 4.90 Å². The summed E-state index contributed by atoms with van der Waals surface area (Å²) in [7, 11) is 1.82. The van der Waals surface area contributed by atoms with Crippen LogP contribution in [0.3, 0.4) is 0 Å². The van der Waals surface area contributed by atoms with Gasteiger partial charge in [0.15, 0.2) is 0 Å². The highest BCUT2D eigenvalue weighted by Gasteiger charge is 2.20. The fourth-order valence-corrected chi connectivity index (χ4v) is 4.62. The molecule has 0 radical (unpaired) electrons. The van der Waals surface area contributed by atoms with Crippen molar-refractivity contribution in [1.29, 1.82) is 0 Å². The van der Waals surface area contributed by atoms with Crippen LogP contribution in [0.15, 0.2) is 11.1 Å². The highest BCUT2D eigenvalue weighted by molar-refractivity contribution is 7.18. The average Bonchev–Trinajstić information content (AvgIpc) is 2.92. The lowest BCUT2D eigenvalue weighted by Crippen LogP contribution is -2.32. The quantitative estimate of drug-likeness (QED) is 0.836. The first kappa shape index (κ1) is 17.1. The van der Waals surface area contributed by atoms with Gasteiger partial charge in [0, 0.05) is 31.4 Å². The Morgan fingerprint density at radius 3 is 2.88 bits per heavy atom. The van der Waals surface area contributed by atoms with Gasteiger partial charge in [0.1, 0.15) is 4.83 Å². The molecule has 130 valence electrons. The molecule has 0 fully saturated rings. The third-order valence-electron chi connectivity index (χ3n) is 4.57. The van der Waals surface area contributed by atoms with E-state index >= 15 is 0 Å². The Morgan fingerprint density at radius 1 is 1.38 bits per heavy atom. The first-order chi connectivity index (χ1) is 11.5. The molecule has 2 aromatic rings. The van der Waals surface area contributed by atoms with Crippen molar-refractivity contribution in [3.05, 3.63) is 27.1 Å². The highest BCUT2D eigenvalue weighted by atomic mass is 32.1. The van der Waals surface area contributed by atoms with E-state index in [9.17, 15) is 9.59 Å². The van der Waals surface area contributed by atoms with E-state index < -0.39 is 0 Å². The summed E-state index contributed by atoms with van der Waals surface area (Å²) in [6.07, 6.45) is 6.32. The van der Waals surface area contributed by atoms with Crippen molar-refractivity contribution in [1.82, 2.24) is 14.5 Å². The number of hydrogen-bond acceptors (Lipinski definition) is 4. The predicted octanol–water partition coefficient (Wildman–Crippen LogP) is 2.84. The number of amides is 1. The van der Waals surface area contributed by atoms with Crippen LogP contribution in [0.2, 0.25) is 0 Å². The van der Waals surface area contributed by atoms with E-state index in [0.29, 0.717) is 18.9 Å². The second-order valence-electron chi connectivity index (χ2n) is 7.05. The molecular formula is C18H25N3O2S. The maximum atomic E-state index is 12.8. The van der Waals surface area contributed by atoms with E-state index in [4.69, 9.17) is 0 Å². The van der Waals surface area contributed by atoms with E-state index in [1.54, 1.807) is 27.1 Å². The Hall–Kier alpha value is -1.69. The first-order valence-electron chi connectivity index (χ1n) is 8.71. The summed E-state index contributed by atoms with van der Waals surface area (Å²) >= 11 is 1.66. The van der Waals surface area contributed by atoms with E-state index in [2.05, 4.69) is 18.8 Å². The van der Waals surface area contributed by atoms with E-state index in [1.807, 2.05) is 7.05 Å². The Bertz CT molecular complexity index is 806. The zero-order valence-electron chi connectivity index (χ0n) is 14.7. The van der Waals surface area contributed by atoms with Crippen LogP contribution in [0.5, 0.6) is 0 Å². The molecule has 0 saturated heterocycles. The molecule has 0 N–H and O–H groups in total. The lowest BCUT2D eigenvalue weighted by molar-refractivity contribution is -0.130. The van der Waals surface area contributed by atoms with Crippen molar-refractivity contribution in [3.63, 3.8) is 0 Å². The van der Waals surface area contributed by atoms with Crippen LogP contribution < -0.4 is 5.56 Å². The lowest BCUT2D eigenvalue weighted by Gasteiger charge is -2.19. The SMILES string of the molecule is CC(C)CN(C)C(=O)CCn1cnc2sc3c(c2c1=O)CCCC3. The first-order valence-corrected chi connectivity index (χ1v) is 9.52. The van der Waals surface area contributed by atoms with Crippen LogP contribution in [-0.2, 0) is 24.2 Å². The molecule has 5 nitrogen and oxygen atoms in total. The van der Waals surface area contributed by atoms with Gasteiger partial charge in [0.05, 0.1) is 11.7 Å². The molecule has 1 amide bonds. The normalized spacial score (nSPS) is 14.2. The number of aromatic nitrogens is 2. The number of hydrogen-bond donors (Lipinski definition) is 0. The van der Waals surface area contributed by atoms with E-state index in [-0.39, 0.29) is 11.5 Å². The highest BCUT2D eigenvalue weighted by Crippen LogP contribution is 2.33. The Morgan fingerprint density at radius 2 is 2.12 bits per heavy atom. The minimum Gasteiger partial charge on any atom is -0.345 e. The van der Waals surface area contributed by atoms with Gasteiger partial charge in [-0.2, -0.15) is 0 Å². The van der Waals surface area contributed by atoms with Crippen LogP contribution >= 0.6 is 11.3 Å². The molecule has 2 aromatic heterocycles. The molecule has 0 aliphatic heterocycles. The van der Waals surface area contributed by atoms with Crippen LogP contribution in [0.25, 0.3) is 10.2 Å². The van der Waals surface area contributed by atoms with Gasteiger partial charge in [-0.25, -0.2) is 4.98 Å². The number of fused-ring (bicyclic) bond motifs is 3. The van der Waals surface area contributed by atoms with Crippen molar-refractivity contribution in [2.45, 2.75) is 52.5 Å². The molecule has 0 atom stereocenters. The second kappa shape index (κ2) is 7.05. The van der Waals surface area contributed by atoms with Gasteiger partial charge in [-0.3, -0.25) is 14.2 Å². The average molecular weight is 347 g/mol. The molecule has 6 heteroatoms. The van der Waals surface area contributed by atoms with Crippen molar-refractivity contribution in [3.8, 4) is 0 Å². The summed E-state index contributed by atoms with van der Waals surface area (Å²) in [5, 5.41) is 0.792. The summed E-state index contributed by atoms with van der Waals surface area (Å²) < 4.78 is 1.60. The van der Waals surface area contributed by atoms with E-state index in [0.717, 1.165) is 36.0 Å². The van der Waals surface area contributed by atoms with Gasteiger partial charge >= 0.3 is 0 Å². The van der Waals surface area contributed by atoms with Crippen LogP contribution in [0.4, 0.5) is 0 Å². The predicted molar refractivity (Wildman–Crippen MR) is 97.6 cm³/mol. The monoisotopic (exact) mass is 347 g/mol. The number of carbonyl (C=O) groups is 1. The summed E-state index contributed by atoms with van der Waals surface area (Å²) in [5.41, 5.74) is 1.22. The van der Waals surface area contributed by atoms with Crippen LogP contribution in [0, 0.1) is 5.92 Å². The van der Waals surface area contributed by atoms with Crippen LogP contribution in [0.1, 0.15) is 43.6 Å². The van der Waals surface area contributed by atoms with E-state index in [1.165, 1.54) is 16.9 Å². The van der Waals surface area contributed by atoms with Gasteiger partial charge in [-0.1, -0.05) is 13.8 Å². The minimum atomic E-state index is 0.0127. The second-order valence-corrected chi connectivity index (χ2v) is 8.14. The fourth-order valence-electron chi connectivity index (χ4n) is 3.40. The Labute approximate surface area is 146 Å². The summed E-state index contributed by atoms with van der Waals surface area (Å²) in [4.78, 5) is 33.4. The van der Waals surface area contributed by atoms with Gasteiger partial charge in [0.25, 0.3) is 5.56 Å². The summed E-state index contributed by atoms with van der Waals surface area (Å²) in [5.74, 6) is 0.514. The molecule has 1 aliphatic rings. The molecule has 0 aromatic carbocycles. The van der Waals surface area contributed by atoms with Crippen molar-refractivity contribution >= 4 is 27.5 Å². The molecule has 0 saturated carbocycles. The number of aryl methyl sites for hydroxylation is 3. The van der Waals surface area contributed by atoms with Crippen molar-refractivity contribution in [2.75, 3.05) is 13.6 Å².